The van der Waals surface area contributed by atoms with Crippen LogP contribution in [0.2, 0.25) is 0 Å². The van der Waals surface area contributed by atoms with Gasteiger partial charge >= 0.3 is 5.97 Å². The highest BCUT2D eigenvalue weighted by Crippen LogP contribution is 2.09. The first kappa shape index (κ1) is 20.1. The lowest BCUT2D eigenvalue weighted by Crippen LogP contribution is -2.22. The summed E-state index contributed by atoms with van der Waals surface area (Å²) in [5.41, 5.74) is 3.47. The molecule has 0 fully saturated rings. The zero-order chi connectivity index (χ0) is 19.6. The monoisotopic (exact) mass is 365 g/mol. The van der Waals surface area contributed by atoms with Crippen LogP contribution in [0, 0.1) is 6.92 Å². The molecular weight excluding hydrogens is 342 g/mol. The minimum atomic E-state index is -0.557. The van der Waals surface area contributed by atoms with Crippen LogP contribution in [0.4, 0.5) is 0 Å². The summed E-state index contributed by atoms with van der Waals surface area (Å²) in [6, 6.07) is 14.7. The van der Waals surface area contributed by atoms with Gasteiger partial charge in [0.1, 0.15) is 0 Å². The molecule has 0 unspecified atom stereocenters. The van der Waals surface area contributed by atoms with E-state index in [0.717, 1.165) is 16.7 Å². The molecule has 2 rings (SSSR count). The number of amides is 1. The first-order valence-electron chi connectivity index (χ1n) is 8.73. The van der Waals surface area contributed by atoms with Crippen molar-refractivity contribution in [2.24, 2.45) is 0 Å². The normalized spacial score (nSPS) is 10.6. The van der Waals surface area contributed by atoms with E-state index in [9.17, 15) is 14.4 Å². The van der Waals surface area contributed by atoms with Crippen molar-refractivity contribution in [2.45, 2.75) is 20.3 Å². The van der Waals surface area contributed by atoms with Gasteiger partial charge in [0.05, 0.1) is 0 Å². The lowest BCUT2D eigenvalue weighted by molar-refractivity contribution is -0.136. The molecule has 0 bridgehead atoms. The lowest BCUT2D eigenvalue weighted by atomic mass is 10.1. The molecule has 0 spiro atoms. The quantitative estimate of drug-likeness (QED) is 0.443. The van der Waals surface area contributed by atoms with Crippen LogP contribution in [0.15, 0.2) is 54.6 Å². The van der Waals surface area contributed by atoms with Gasteiger partial charge in [0.15, 0.2) is 12.4 Å². The maximum absolute atomic E-state index is 12.1. The number of esters is 1. The Hall–Kier alpha value is -3.21. The molecule has 0 aliphatic rings. The molecule has 0 saturated carbocycles. The van der Waals surface area contributed by atoms with E-state index >= 15 is 0 Å². The molecule has 1 N–H and O–H groups in total. The van der Waals surface area contributed by atoms with Gasteiger partial charge < -0.3 is 10.1 Å². The summed E-state index contributed by atoms with van der Waals surface area (Å²) in [7, 11) is 0. The van der Waals surface area contributed by atoms with Crippen LogP contribution in [0.25, 0.3) is 6.08 Å². The number of hydrogen-bond acceptors (Lipinski definition) is 4. The number of aryl methyl sites for hydroxylation is 1. The maximum Gasteiger partial charge on any atom is 0.331 e. The molecule has 27 heavy (non-hydrogen) atoms. The Balaban J connectivity index is 1.81. The highest BCUT2D eigenvalue weighted by Gasteiger charge is 2.08. The highest BCUT2D eigenvalue weighted by molar-refractivity contribution is 5.98. The number of benzene rings is 2. The van der Waals surface area contributed by atoms with E-state index < -0.39 is 5.97 Å². The molecule has 0 aliphatic heterocycles. The molecule has 2 aromatic rings. The zero-order valence-corrected chi connectivity index (χ0v) is 15.5. The number of nitrogens with one attached hydrogen (secondary N) is 1. The van der Waals surface area contributed by atoms with E-state index in [1.54, 1.807) is 18.2 Å². The third-order valence-corrected chi connectivity index (χ3v) is 4.00. The van der Waals surface area contributed by atoms with Gasteiger partial charge in [-0.2, -0.15) is 0 Å². The third-order valence-electron chi connectivity index (χ3n) is 4.00. The van der Waals surface area contributed by atoms with E-state index in [1.807, 2.05) is 43.3 Å². The van der Waals surface area contributed by atoms with Gasteiger partial charge in [0.25, 0.3) is 0 Å². The van der Waals surface area contributed by atoms with Gasteiger partial charge in [0, 0.05) is 25.1 Å². The molecule has 0 aromatic heterocycles. The van der Waals surface area contributed by atoms with Crippen LogP contribution in [0.3, 0.4) is 0 Å². The van der Waals surface area contributed by atoms with Crippen LogP contribution < -0.4 is 5.32 Å². The van der Waals surface area contributed by atoms with Crippen molar-refractivity contribution in [2.75, 3.05) is 13.2 Å². The summed E-state index contributed by atoms with van der Waals surface area (Å²) >= 11 is 0. The average Bonchev–Trinajstić information content (AvgIpc) is 2.65. The molecule has 1 amide bonds. The van der Waals surface area contributed by atoms with Gasteiger partial charge in [0.2, 0.25) is 5.91 Å². The van der Waals surface area contributed by atoms with Crippen molar-refractivity contribution < 1.29 is 19.1 Å². The largest absolute Gasteiger partial charge is 0.454 e. The molecular formula is C22H23NO4. The number of ketones is 1. The molecule has 5 nitrogen and oxygen atoms in total. The fourth-order valence-electron chi connectivity index (χ4n) is 2.44. The minimum absolute atomic E-state index is 0.0694. The minimum Gasteiger partial charge on any atom is -0.454 e. The first-order valence-corrected chi connectivity index (χ1v) is 8.73. The van der Waals surface area contributed by atoms with E-state index in [4.69, 9.17) is 4.74 Å². The van der Waals surface area contributed by atoms with E-state index in [2.05, 4.69) is 5.32 Å². The van der Waals surface area contributed by atoms with E-state index in [1.165, 1.54) is 13.0 Å². The Bertz CT molecular complexity index is 838. The number of ether oxygens (including phenoxy) is 1. The second kappa shape index (κ2) is 10.1. The van der Waals surface area contributed by atoms with Gasteiger partial charge in [-0.25, -0.2) is 4.79 Å². The van der Waals surface area contributed by atoms with Crippen molar-refractivity contribution in [3.63, 3.8) is 0 Å². The van der Waals surface area contributed by atoms with Crippen LogP contribution in [-0.2, 0) is 20.7 Å². The number of rotatable bonds is 8. The summed E-state index contributed by atoms with van der Waals surface area (Å²) in [5.74, 6) is -0.889. The molecule has 5 heteroatoms. The Morgan fingerprint density at radius 3 is 2.41 bits per heavy atom. The second-order valence-corrected chi connectivity index (χ2v) is 6.15. The third kappa shape index (κ3) is 6.90. The summed E-state index contributed by atoms with van der Waals surface area (Å²) in [6.45, 7) is 3.67. The number of carbonyl (C=O) groups is 3. The van der Waals surface area contributed by atoms with Crippen LogP contribution >= 0.6 is 0 Å². The Morgan fingerprint density at radius 2 is 1.74 bits per heavy atom. The van der Waals surface area contributed by atoms with E-state index in [0.29, 0.717) is 18.5 Å². The summed E-state index contributed by atoms with van der Waals surface area (Å²) in [6.07, 6.45) is 3.68. The fraction of sp³-hybridized carbons (Fsp3) is 0.227. The molecule has 0 aliphatic carbocycles. The highest BCUT2D eigenvalue weighted by atomic mass is 16.5. The lowest BCUT2D eigenvalue weighted by Gasteiger charge is -2.05. The van der Waals surface area contributed by atoms with Crippen molar-refractivity contribution in [1.29, 1.82) is 0 Å². The van der Waals surface area contributed by atoms with Crippen molar-refractivity contribution in [3.05, 3.63) is 76.9 Å². The standard InChI is InChI=1S/C22H23NO4/c1-16-5-3-4-6-19(16)11-12-22(26)27-15-21(25)20-9-7-18(8-10-20)13-14-23-17(2)24/h3-12H,13-15H2,1-2H3,(H,23,24)/b12-11+. The molecule has 0 saturated heterocycles. The number of Topliss-reactive ketones (excluding diaryl/α,β-unsaturated/α-hetero) is 1. The van der Waals surface area contributed by atoms with Crippen molar-refractivity contribution >= 4 is 23.7 Å². The predicted molar refractivity (Wildman–Crippen MR) is 104 cm³/mol. The predicted octanol–water partition coefficient (Wildman–Crippen LogP) is 3.11. The van der Waals surface area contributed by atoms with Gasteiger partial charge in [-0.3, -0.25) is 9.59 Å². The van der Waals surface area contributed by atoms with Crippen LogP contribution in [-0.4, -0.2) is 30.8 Å². The second-order valence-electron chi connectivity index (χ2n) is 6.15. The van der Waals surface area contributed by atoms with Gasteiger partial charge in [-0.05, 0) is 36.1 Å². The average molecular weight is 365 g/mol. The maximum atomic E-state index is 12.1. The molecule has 0 atom stereocenters. The van der Waals surface area contributed by atoms with Crippen LogP contribution in [0.1, 0.15) is 34.0 Å². The molecule has 2 aromatic carbocycles. The fourth-order valence-corrected chi connectivity index (χ4v) is 2.44. The van der Waals surface area contributed by atoms with Gasteiger partial charge in [-0.1, -0.05) is 48.5 Å². The Morgan fingerprint density at radius 1 is 1.04 bits per heavy atom. The number of carbonyl (C=O) groups excluding carboxylic acids is 3. The Kier molecular flexibility index (Phi) is 7.49. The number of hydrogen-bond donors (Lipinski definition) is 1. The zero-order valence-electron chi connectivity index (χ0n) is 15.5. The first-order chi connectivity index (χ1) is 13.0. The Labute approximate surface area is 159 Å². The summed E-state index contributed by atoms with van der Waals surface area (Å²) in [4.78, 5) is 34.8. The van der Waals surface area contributed by atoms with Crippen molar-refractivity contribution in [1.82, 2.24) is 5.32 Å². The molecule has 0 heterocycles. The van der Waals surface area contributed by atoms with E-state index in [-0.39, 0.29) is 18.3 Å². The smallest absolute Gasteiger partial charge is 0.331 e. The summed E-state index contributed by atoms with van der Waals surface area (Å²) in [5, 5.41) is 2.72. The van der Waals surface area contributed by atoms with Crippen molar-refractivity contribution in [3.8, 4) is 0 Å². The topological polar surface area (TPSA) is 72.5 Å². The van der Waals surface area contributed by atoms with Gasteiger partial charge in [-0.15, -0.1) is 0 Å². The molecule has 140 valence electrons. The summed E-state index contributed by atoms with van der Waals surface area (Å²) < 4.78 is 5.02. The SMILES string of the molecule is CC(=O)NCCc1ccc(C(=O)COC(=O)/C=C/c2ccccc2C)cc1. The van der Waals surface area contributed by atoms with Crippen LogP contribution in [0.5, 0.6) is 0 Å². The molecule has 0 radical (unpaired) electrons.